The van der Waals surface area contributed by atoms with E-state index in [0.717, 1.165) is 129 Å². The lowest BCUT2D eigenvalue weighted by atomic mass is 9.81. The largest absolute Gasteiger partial charge is 0.355 e. The van der Waals surface area contributed by atoms with Crippen molar-refractivity contribution in [3.63, 3.8) is 0 Å². The molecule has 3 aromatic rings. The van der Waals surface area contributed by atoms with Crippen LogP contribution in [0.3, 0.4) is 0 Å². The van der Waals surface area contributed by atoms with Gasteiger partial charge in [-0.3, -0.25) is 9.11 Å². The Morgan fingerprint density at radius 3 is 2.05 bits per heavy atom. The minimum Gasteiger partial charge on any atom is -0.355 e. The molecule has 16 heteroatoms. The van der Waals surface area contributed by atoms with Gasteiger partial charge in [0.05, 0.1) is 77.0 Å². The average molecular weight is 942 g/mol. The van der Waals surface area contributed by atoms with Gasteiger partial charge in [0.2, 0.25) is 5.69 Å². The van der Waals surface area contributed by atoms with Crippen LogP contribution in [0.15, 0.2) is 122 Å². The van der Waals surface area contributed by atoms with E-state index in [1.165, 1.54) is 12.1 Å². The number of anilines is 2. The number of fused-ring (bicyclic) bond motifs is 2. The first kappa shape index (κ1) is 50.4. The first-order valence-corrected chi connectivity index (χ1v) is 25.6. The number of rotatable bonds is 18. The summed E-state index contributed by atoms with van der Waals surface area (Å²) in [5.74, 6) is 0. The standard InChI is InChI=1S/C50H66N8O6S2/c1-49(2)42-34-40(65(59,60)61)22-24-44(42)55(30-12-32-57(5,6)7)46(49)26-18-37-14-11-15-38(48(37)53-39-20-16-36(17-21-39)28-29-52-54-51)19-27-47-50(3,4)43-35-41(66(62,63)64)23-25-45(43)56(47)31-13-33-58(8,9)10/h16-27,34-35H,11-15,28-33H2,1-10H3/p+3/b37-18+,46-26+. The van der Waals surface area contributed by atoms with E-state index in [0.29, 0.717) is 13.0 Å². The molecular formula is C50H69N8O6S2+3. The van der Waals surface area contributed by atoms with Gasteiger partial charge in [-0.1, -0.05) is 43.2 Å². The van der Waals surface area contributed by atoms with Crippen LogP contribution in [0.1, 0.15) is 76.5 Å². The second kappa shape index (κ2) is 19.3. The molecule has 0 saturated heterocycles. The maximum Gasteiger partial charge on any atom is 0.294 e. The monoisotopic (exact) mass is 941 g/mol. The fraction of sp³-hybridized carbons (Fsp3) is 0.460. The molecule has 3 aromatic carbocycles. The molecule has 0 saturated carbocycles. The number of nitrogens with one attached hydrogen (secondary N) is 1. The van der Waals surface area contributed by atoms with E-state index < -0.39 is 31.1 Å². The molecule has 0 radical (unpaired) electrons. The van der Waals surface area contributed by atoms with Gasteiger partial charge >= 0.3 is 0 Å². The zero-order valence-electron chi connectivity index (χ0n) is 40.3. The topological polar surface area (TPSA) is 176 Å². The molecule has 0 unspecified atom stereocenters. The van der Waals surface area contributed by atoms with E-state index in [9.17, 15) is 25.9 Å². The molecule has 14 nitrogen and oxygen atoms in total. The lowest BCUT2D eigenvalue weighted by molar-refractivity contribution is -0.871. The quantitative estimate of drug-likeness (QED) is 0.0282. The van der Waals surface area contributed by atoms with Gasteiger partial charge in [-0.2, -0.15) is 21.4 Å². The molecule has 0 fully saturated rings. The van der Waals surface area contributed by atoms with Gasteiger partial charge in [-0.25, -0.2) is 0 Å². The summed E-state index contributed by atoms with van der Waals surface area (Å²) >= 11 is 0. The Labute approximate surface area is 392 Å². The summed E-state index contributed by atoms with van der Waals surface area (Å²) in [6.45, 7) is 12.1. The molecule has 2 aliphatic heterocycles. The number of hydrogen-bond donors (Lipinski definition) is 3. The zero-order valence-corrected chi connectivity index (χ0v) is 42.0. The molecule has 3 N–H and O–H groups in total. The Morgan fingerprint density at radius 1 is 0.803 bits per heavy atom. The molecular weight excluding hydrogens is 873 g/mol. The average Bonchev–Trinajstić information content (AvgIpc) is 3.56. The Kier molecular flexibility index (Phi) is 14.7. The minimum absolute atomic E-state index is 0.126. The van der Waals surface area contributed by atoms with Gasteiger partial charge in [-0.15, -0.1) is 0 Å². The fourth-order valence-corrected chi connectivity index (χ4v) is 10.4. The first-order valence-electron chi connectivity index (χ1n) is 22.7. The summed E-state index contributed by atoms with van der Waals surface area (Å²) in [5, 5.41) is 7.50. The van der Waals surface area contributed by atoms with Crippen molar-refractivity contribution in [1.82, 2.24) is 0 Å². The van der Waals surface area contributed by atoms with Crippen LogP contribution in [0.5, 0.6) is 0 Å². The van der Waals surface area contributed by atoms with E-state index in [4.69, 9.17) is 5.53 Å². The highest BCUT2D eigenvalue weighted by Crippen LogP contribution is 2.49. The normalized spacial score (nSPS) is 18.6. The predicted octanol–water partition coefficient (Wildman–Crippen LogP) is 9.32. The van der Waals surface area contributed by atoms with Crippen LogP contribution >= 0.6 is 0 Å². The predicted molar refractivity (Wildman–Crippen MR) is 265 cm³/mol. The maximum atomic E-state index is 12.3. The van der Waals surface area contributed by atoms with E-state index in [1.54, 1.807) is 12.1 Å². The van der Waals surface area contributed by atoms with E-state index >= 15 is 0 Å². The Bertz CT molecular complexity index is 2780. The summed E-state index contributed by atoms with van der Waals surface area (Å²) in [5.41, 5.74) is 18.3. The molecule has 6 rings (SSSR count). The number of nitrogens with zero attached hydrogens (tertiary/aromatic N) is 7. The summed E-state index contributed by atoms with van der Waals surface area (Å²) in [4.78, 5) is 4.93. The lowest BCUT2D eigenvalue weighted by Crippen LogP contribution is -2.37. The van der Waals surface area contributed by atoms with Gasteiger partial charge < -0.3 is 19.2 Å². The van der Waals surface area contributed by atoms with Crippen LogP contribution in [-0.2, 0) is 37.5 Å². The first-order chi connectivity index (χ1) is 30.7. The van der Waals surface area contributed by atoms with Crippen molar-refractivity contribution in [2.24, 2.45) is 5.11 Å². The second-order valence-corrected chi connectivity index (χ2v) is 23.7. The Balaban J connectivity index is 1.48. The van der Waals surface area contributed by atoms with E-state index in [1.807, 2.05) is 36.4 Å². The highest BCUT2D eigenvalue weighted by molar-refractivity contribution is 7.86. The third-order valence-electron chi connectivity index (χ3n) is 12.9. The van der Waals surface area contributed by atoms with Gasteiger partial charge in [0.15, 0.2) is 12.3 Å². The molecule has 354 valence electrons. The molecule has 0 atom stereocenters. The smallest absolute Gasteiger partial charge is 0.294 e. The van der Waals surface area contributed by atoms with Crippen LogP contribution in [-0.4, -0.2) is 120 Å². The zero-order chi connectivity index (χ0) is 48.5. The van der Waals surface area contributed by atoms with Crippen LogP contribution in [0.2, 0.25) is 0 Å². The second-order valence-electron chi connectivity index (χ2n) is 20.8. The molecule has 1 aliphatic carbocycles. The number of allylic oxidation sites excluding steroid dienone is 7. The van der Waals surface area contributed by atoms with Crippen molar-refractivity contribution in [3.8, 4) is 0 Å². The minimum atomic E-state index is -4.42. The van der Waals surface area contributed by atoms with Gasteiger partial charge in [0.25, 0.3) is 20.2 Å². The molecule has 2 heterocycles. The third-order valence-corrected chi connectivity index (χ3v) is 14.6. The maximum absolute atomic E-state index is 12.3. The lowest BCUT2D eigenvalue weighted by Gasteiger charge is -2.29. The van der Waals surface area contributed by atoms with Gasteiger partial charge in [0.1, 0.15) is 0 Å². The number of quaternary nitrogens is 2. The SMILES string of the molecule is CC1(C)C(/C=C/C2=C(Nc3ccc(CCN=[N+]=[N-])cc3)C(=C/C=C3/N(CCC[N+](C)(C)C)c4ccc(S(=O)(=O)O)cc4C3(C)C)/CCC2)=[N+](CCC[N+](C)(C)C)c2ccc(S(=O)(=O)O)cc21. The number of azide groups is 1. The summed E-state index contributed by atoms with van der Waals surface area (Å²) < 4.78 is 73.3. The van der Waals surface area contributed by atoms with Crippen molar-refractivity contribution in [1.29, 1.82) is 0 Å². The highest BCUT2D eigenvalue weighted by Gasteiger charge is 2.45. The molecule has 66 heavy (non-hydrogen) atoms. The van der Waals surface area contributed by atoms with Crippen LogP contribution < -0.4 is 10.2 Å². The van der Waals surface area contributed by atoms with Crippen LogP contribution in [0.4, 0.5) is 17.1 Å². The number of benzene rings is 3. The molecule has 0 bridgehead atoms. The fourth-order valence-electron chi connectivity index (χ4n) is 9.42. The van der Waals surface area contributed by atoms with Crippen molar-refractivity contribution in [2.75, 3.05) is 85.2 Å². The summed E-state index contributed by atoms with van der Waals surface area (Å²) in [6.07, 6.45) is 13.7. The Morgan fingerprint density at radius 2 is 1.42 bits per heavy atom. The number of hydrogen-bond acceptors (Lipinski definition) is 7. The summed E-state index contributed by atoms with van der Waals surface area (Å²) in [7, 11) is 4.19. The molecule has 0 spiro atoms. The molecule has 3 aliphatic rings. The van der Waals surface area contributed by atoms with Crippen LogP contribution in [0.25, 0.3) is 10.4 Å². The van der Waals surface area contributed by atoms with Crippen molar-refractivity contribution in [2.45, 2.75) is 86.8 Å². The van der Waals surface area contributed by atoms with E-state index in [-0.39, 0.29) is 9.79 Å². The molecule has 0 amide bonds. The van der Waals surface area contributed by atoms with E-state index in [2.05, 4.69) is 119 Å². The summed E-state index contributed by atoms with van der Waals surface area (Å²) in [6, 6.07) is 17.9. The highest BCUT2D eigenvalue weighted by atomic mass is 32.2. The third kappa shape index (κ3) is 11.7. The van der Waals surface area contributed by atoms with Crippen molar-refractivity contribution in [3.05, 3.63) is 135 Å². The van der Waals surface area contributed by atoms with Gasteiger partial charge in [0, 0.05) is 70.3 Å². The molecule has 0 aromatic heterocycles. The van der Waals surface area contributed by atoms with Gasteiger partial charge in [-0.05, 0) is 116 Å². The van der Waals surface area contributed by atoms with Crippen LogP contribution in [0, 0.1) is 0 Å². The Hall–Kier alpha value is -5.06. The van der Waals surface area contributed by atoms with Crippen molar-refractivity contribution >= 4 is 43.0 Å². The van der Waals surface area contributed by atoms with Crippen molar-refractivity contribution < 1.29 is 39.5 Å².